The van der Waals surface area contributed by atoms with Crippen molar-refractivity contribution in [3.8, 4) is 0 Å². The Morgan fingerprint density at radius 2 is 1.61 bits per heavy atom. The normalized spacial score (nSPS) is 10.1. The Hall–Kier alpha value is -2.13. The lowest BCUT2D eigenvalue weighted by Gasteiger charge is -2.04. The maximum Gasteiger partial charge on any atom is 0.254 e. The molecule has 0 fully saturated rings. The Balaban J connectivity index is 2.39. The molecule has 3 nitrogen and oxygen atoms in total. The van der Waals surface area contributed by atoms with E-state index in [9.17, 15) is 9.59 Å². The monoisotopic (exact) mass is 259 g/mol. The van der Waals surface area contributed by atoms with Crippen LogP contribution in [0.5, 0.6) is 0 Å². The molecule has 0 radical (unpaired) electrons. The minimum Gasteiger partial charge on any atom is -0.398 e. The van der Waals surface area contributed by atoms with Crippen LogP contribution < -0.4 is 5.73 Å². The van der Waals surface area contributed by atoms with Gasteiger partial charge in [0.2, 0.25) is 0 Å². The van der Waals surface area contributed by atoms with Gasteiger partial charge in [-0.15, -0.1) is 0 Å². The van der Waals surface area contributed by atoms with Crippen molar-refractivity contribution in [2.75, 3.05) is 5.73 Å². The smallest absolute Gasteiger partial charge is 0.254 e. The number of benzene rings is 2. The molecule has 0 aliphatic heterocycles. The fourth-order valence-electron chi connectivity index (χ4n) is 1.64. The van der Waals surface area contributed by atoms with Crippen molar-refractivity contribution >= 4 is 28.3 Å². The topological polar surface area (TPSA) is 60.2 Å². The molecule has 0 saturated carbocycles. The number of rotatable bonds is 3. The van der Waals surface area contributed by atoms with E-state index in [-0.39, 0.29) is 17.0 Å². The lowest BCUT2D eigenvalue weighted by atomic mass is 10.0. The average Bonchev–Trinajstić information content (AvgIpc) is 2.38. The highest BCUT2D eigenvalue weighted by molar-refractivity contribution is 6.68. The van der Waals surface area contributed by atoms with E-state index in [1.807, 2.05) is 6.07 Å². The molecule has 0 heterocycles. The molecule has 0 aromatic heterocycles. The summed E-state index contributed by atoms with van der Waals surface area (Å²) in [7, 11) is 0. The molecule has 90 valence electrons. The Morgan fingerprint density at radius 3 is 2.17 bits per heavy atom. The number of nitrogen functional groups attached to an aromatic ring is 1. The second-order valence-corrected chi connectivity index (χ2v) is 4.11. The summed E-state index contributed by atoms with van der Waals surface area (Å²) in [5, 5.41) is -0.633. The molecule has 0 saturated heterocycles. The van der Waals surface area contributed by atoms with Gasteiger partial charge in [-0.2, -0.15) is 0 Å². The lowest BCUT2D eigenvalue weighted by molar-refractivity contribution is 0.103. The number of anilines is 1. The zero-order chi connectivity index (χ0) is 13.1. The highest BCUT2D eigenvalue weighted by Gasteiger charge is 2.12. The van der Waals surface area contributed by atoms with E-state index in [1.54, 1.807) is 30.3 Å². The maximum atomic E-state index is 12.1. The molecule has 18 heavy (non-hydrogen) atoms. The molecule has 0 aliphatic carbocycles. The average molecular weight is 260 g/mol. The van der Waals surface area contributed by atoms with Crippen molar-refractivity contribution in [2.45, 2.75) is 0 Å². The van der Waals surface area contributed by atoms with Crippen LogP contribution in [0.25, 0.3) is 0 Å². The number of nitrogens with two attached hydrogens (primary N) is 1. The van der Waals surface area contributed by atoms with Gasteiger partial charge in [0.15, 0.2) is 5.78 Å². The first-order chi connectivity index (χ1) is 8.59. The quantitative estimate of drug-likeness (QED) is 0.524. The Kier molecular flexibility index (Phi) is 3.44. The third-order valence-corrected chi connectivity index (χ3v) is 2.77. The molecule has 4 heteroatoms. The summed E-state index contributed by atoms with van der Waals surface area (Å²) in [6.07, 6.45) is 0. The van der Waals surface area contributed by atoms with Crippen LogP contribution in [-0.4, -0.2) is 11.0 Å². The van der Waals surface area contributed by atoms with E-state index in [0.717, 1.165) is 0 Å². The summed E-state index contributed by atoms with van der Waals surface area (Å²) < 4.78 is 0. The van der Waals surface area contributed by atoms with Gasteiger partial charge in [0.25, 0.3) is 5.24 Å². The number of halogens is 1. The molecular formula is C14H10ClNO2. The first-order valence-electron chi connectivity index (χ1n) is 5.28. The van der Waals surface area contributed by atoms with Crippen molar-refractivity contribution in [1.29, 1.82) is 0 Å². The van der Waals surface area contributed by atoms with Crippen molar-refractivity contribution in [1.82, 2.24) is 0 Å². The van der Waals surface area contributed by atoms with Gasteiger partial charge in [0, 0.05) is 16.8 Å². The molecule has 0 amide bonds. The van der Waals surface area contributed by atoms with Gasteiger partial charge >= 0.3 is 0 Å². The van der Waals surface area contributed by atoms with E-state index < -0.39 is 5.24 Å². The van der Waals surface area contributed by atoms with Crippen LogP contribution >= 0.6 is 11.6 Å². The number of ketones is 1. The van der Waals surface area contributed by atoms with Gasteiger partial charge in [-0.25, -0.2) is 0 Å². The van der Waals surface area contributed by atoms with Gasteiger partial charge in [-0.05, 0) is 23.7 Å². The Bertz CT molecular complexity index is 608. The van der Waals surface area contributed by atoms with Gasteiger partial charge in [-0.1, -0.05) is 36.4 Å². The van der Waals surface area contributed by atoms with Crippen LogP contribution in [0.3, 0.4) is 0 Å². The summed E-state index contributed by atoms with van der Waals surface area (Å²) in [6, 6.07) is 13.3. The molecular weight excluding hydrogens is 250 g/mol. The van der Waals surface area contributed by atoms with Crippen LogP contribution in [0.1, 0.15) is 26.3 Å². The summed E-state index contributed by atoms with van der Waals surface area (Å²) in [5.41, 5.74) is 7.10. The first kappa shape index (κ1) is 12.3. The largest absolute Gasteiger partial charge is 0.398 e. The molecule has 0 bridgehead atoms. The van der Waals surface area contributed by atoms with E-state index in [1.165, 1.54) is 12.1 Å². The summed E-state index contributed by atoms with van der Waals surface area (Å²) in [5.74, 6) is -0.143. The second-order valence-electron chi connectivity index (χ2n) is 3.77. The Labute approximate surface area is 109 Å². The lowest BCUT2D eigenvalue weighted by Crippen LogP contribution is -2.04. The molecule has 0 atom stereocenters. The molecule has 0 aliphatic rings. The highest BCUT2D eigenvalue weighted by atomic mass is 35.5. The molecule has 0 spiro atoms. The van der Waals surface area contributed by atoms with Crippen molar-refractivity contribution < 1.29 is 9.59 Å². The van der Waals surface area contributed by atoms with Gasteiger partial charge in [0.05, 0.1) is 5.56 Å². The minimum absolute atomic E-state index is 0.143. The fourth-order valence-corrected chi connectivity index (χ4v) is 1.81. The number of hydrogen-bond donors (Lipinski definition) is 1. The fraction of sp³-hybridized carbons (Fsp3) is 0. The third-order valence-electron chi connectivity index (χ3n) is 2.56. The van der Waals surface area contributed by atoms with E-state index in [2.05, 4.69) is 0 Å². The van der Waals surface area contributed by atoms with Crippen molar-refractivity contribution in [3.63, 3.8) is 0 Å². The molecule has 2 rings (SSSR count). The predicted octanol–water partition coefficient (Wildman–Crippen LogP) is 2.88. The Morgan fingerprint density at radius 1 is 0.944 bits per heavy atom. The molecule has 2 aromatic rings. The summed E-state index contributed by atoms with van der Waals surface area (Å²) in [4.78, 5) is 23.1. The summed E-state index contributed by atoms with van der Waals surface area (Å²) >= 11 is 5.35. The summed E-state index contributed by atoms with van der Waals surface area (Å²) in [6.45, 7) is 0. The number of carbonyl (C=O) groups is 2. The second kappa shape index (κ2) is 5.02. The SMILES string of the molecule is Nc1cc(C(=O)c2ccccc2)ccc1C(=O)Cl. The van der Waals surface area contributed by atoms with E-state index >= 15 is 0 Å². The van der Waals surface area contributed by atoms with Crippen molar-refractivity contribution in [3.05, 3.63) is 65.2 Å². The maximum absolute atomic E-state index is 12.1. The van der Waals surface area contributed by atoms with Gasteiger partial charge < -0.3 is 5.73 Å². The minimum atomic E-state index is -0.633. The zero-order valence-corrected chi connectivity index (χ0v) is 10.1. The van der Waals surface area contributed by atoms with Crippen LogP contribution in [-0.2, 0) is 0 Å². The van der Waals surface area contributed by atoms with E-state index in [0.29, 0.717) is 11.1 Å². The molecule has 0 unspecified atom stereocenters. The van der Waals surface area contributed by atoms with Crippen LogP contribution in [0.4, 0.5) is 5.69 Å². The first-order valence-corrected chi connectivity index (χ1v) is 5.66. The number of hydrogen-bond acceptors (Lipinski definition) is 3. The molecule has 2 aromatic carbocycles. The van der Waals surface area contributed by atoms with Crippen LogP contribution in [0.15, 0.2) is 48.5 Å². The van der Waals surface area contributed by atoms with Crippen LogP contribution in [0.2, 0.25) is 0 Å². The predicted molar refractivity (Wildman–Crippen MR) is 70.9 cm³/mol. The molecule has 2 N–H and O–H groups in total. The van der Waals surface area contributed by atoms with Gasteiger partial charge in [-0.3, -0.25) is 9.59 Å². The standard InChI is InChI=1S/C14H10ClNO2/c15-14(18)11-7-6-10(8-12(11)16)13(17)9-4-2-1-3-5-9/h1-8H,16H2. The van der Waals surface area contributed by atoms with E-state index in [4.69, 9.17) is 17.3 Å². The van der Waals surface area contributed by atoms with Crippen molar-refractivity contribution in [2.24, 2.45) is 0 Å². The number of carbonyl (C=O) groups excluding carboxylic acids is 2. The zero-order valence-electron chi connectivity index (χ0n) is 9.39. The van der Waals surface area contributed by atoms with Crippen LogP contribution in [0, 0.1) is 0 Å². The van der Waals surface area contributed by atoms with Gasteiger partial charge in [0.1, 0.15) is 0 Å². The third kappa shape index (κ3) is 2.41. The highest BCUT2D eigenvalue weighted by Crippen LogP contribution is 2.18.